The zero-order chi connectivity index (χ0) is 18.7. The summed E-state index contributed by atoms with van der Waals surface area (Å²) >= 11 is 0. The van der Waals surface area contributed by atoms with Gasteiger partial charge in [0.25, 0.3) is 0 Å². The van der Waals surface area contributed by atoms with Crippen LogP contribution in [0.2, 0.25) is 22.2 Å². The van der Waals surface area contributed by atoms with Crippen LogP contribution in [0.25, 0.3) is 0 Å². The summed E-state index contributed by atoms with van der Waals surface area (Å²) in [7, 11) is 0.436. The third-order valence-corrected chi connectivity index (χ3v) is 12.2. The number of hydrogen-bond donors (Lipinski definition) is 0. The van der Waals surface area contributed by atoms with E-state index in [1.807, 2.05) is 12.2 Å². The number of allylic oxidation sites excluding steroid dienone is 12. The molecule has 2 fully saturated rings. The molecule has 30 heavy (non-hydrogen) atoms. The molecule has 0 nitrogen and oxygen atoms in total. The molecule has 2 saturated heterocycles. The van der Waals surface area contributed by atoms with E-state index in [0.29, 0.717) is 0 Å². The number of hydrogen-bond acceptors (Lipinski definition) is 0. The Labute approximate surface area is 221 Å². The maximum atomic E-state index is 2.99. The maximum absolute atomic E-state index is 2.99. The van der Waals surface area contributed by atoms with Crippen molar-refractivity contribution in [1.29, 1.82) is 0 Å². The Bertz CT molecular complexity index is 569. The van der Waals surface area contributed by atoms with Crippen LogP contribution >= 0.6 is 0 Å². The van der Waals surface area contributed by atoms with E-state index in [1.54, 1.807) is 12.1 Å². The molecule has 0 bridgehead atoms. The Balaban J connectivity index is 0.000000424. The summed E-state index contributed by atoms with van der Waals surface area (Å²) in [5.74, 6) is 0. The van der Waals surface area contributed by atoms with Crippen molar-refractivity contribution in [2.75, 3.05) is 0 Å². The van der Waals surface area contributed by atoms with Crippen molar-refractivity contribution in [2.45, 2.75) is 80.0 Å². The van der Waals surface area contributed by atoms with Gasteiger partial charge < -0.3 is 24.8 Å². The zero-order valence-electron chi connectivity index (χ0n) is 18.3. The first-order chi connectivity index (χ1) is 13.3. The van der Waals surface area contributed by atoms with Gasteiger partial charge in [0, 0.05) is 44.9 Å². The molecule has 0 aromatic rings. The van der Waals surface area contributed by atoms with E-state index in [0.717, 1.165) is 16.5 Å². The molecule has 0 radical (unpaired) electrons. The van der Waals surface area contributed by atoms with Gasteiger partial charge in [-0.25, -0.2) is 12.2 Å². The molecular weight excluding hydrogens is 606 g/mol. The van der Waals surface area contributed by atoms with Gasteiger partial charge in [-0.3, -0.25) is 6.08 Å². The van der Waals surface area contributed by atoms with Crippen LogP contribution in [0.1, 0.15) is 57.8 Å². The average Bonchev–Trinajstić information content (AvgIpc) is 3.31. The van der Waals surface area contributed by atoms with Crippen molar-refractivity contribution in [3.63, 3.8) is 0 Å². The number of rotatable bonds is 0. The molecule has 0 saturated carbocycles. The predicted octanol–water partition coefficient (Wildman–Crippen LogP) is 0.176. The summed E-state index contributed by atoms with van der Waals surface area (Å²) in [4.78, 5) is 0. The van der Waals surface area contributed by atoms with Gasteiger partial charge in [0.15, 0.2) is 0 Å². The van der Waals surface area contributed by atoms with Crippen LogP contribution in [0.5, 0.6) is 0 Å². The van der Waals surface area contributed by atoms with E-state index in [-0.39, 0.29) is 69.7 Å². The standard InChI is InChI=1S/2C10H16Si.C5H5.2ClH.Hf/c2*1-2-6-10(7-3-1)8-4-5-9-11-10;1-2-4-5-3-1;;;/h2*1-3,6H,4-5,7-9,11H2;1-3H,4H2;2*1H;/q;;-1;;;/p-2. The van der Waals surface area contributed by atoms with E-state index in [1.165, 1.54) is 51.4 Å². The number of halogens is 2. The molecule has 5 aliphatic rings. The molecule has 2 heterocycles. The predicted molar refractivity (Wildman–Crippen MR) is 127 cm³/mol. The minimum atomic E-state index is 0. The topological polar surface area (TPSA) is 0 Å². The van der Waals surface area contributed by atoms with Crippen molar-refractivity contribution >= 4 is 19.0 Å². The van der Waals surface area contributed by atoms with Gasteiger partial charge in [-0.2, -0.15) is 6.08 Å². The van der Waals surface area contributed by atoms with E-state index in [4.69, 9.17) is 0 Å². The zero-order valence-corrected chi connectivity index (χ0v) is 26.2. The fraction of sp³-hybridized carbons (Fsp3) is 0.520. The largest absolute Gasteiger partial charge is 1.00 e. The van der Waals surface area contributed by atoms with Gasteiger partial charge in [0.2, 0.25) is 0 Å². The third kappa shape index (κ3) is 10.3. The summed E-state index contributed by atoms with van der Waals surface area (Å²) in [5, 5.41) is 1.46. The quantitative estimate of drug-likeness (QED) is 0.261. The summed E-state index contributed by atoms with van der Waals surface area (Å²) in [6.45, 7) is 0. The SMILES string of the molecule is C1=CCC2(C=C1)CCCC[SiH2]2.C1=CCC2(C=C1)CCCC[SiH2]2.[C-]1=CC=CC1.[Cl-].[Cl-].[Hf]. The Morgan fingerprint density at radius 1 is 0.633 bits per heavy atom. The molecule has 2 aliphatic heterocycles. The monoisotopic (exact) mass is 643 g/mol. The van der Waals surface area contributed by atoms with Crippen LogP contribution < -0.4 is 24.8 Å². The smallest absolute Gasteiger partial charge is 0.0322 e. The first kappa shape index (κ1) is 30.3. The van der Waals surface area contributed by atoms with Crippen molar-refractivity contribution < 1.29 is 50.7 Å². The van der Waals surface area contributed by atoms with Crippen molar-refractivity contribution in [2.24, 2.45) is 0 Å². The van der Waals surface area contributed by atoms with Crippen LogP contribution in [0, 0.1) is 6.08 Å². The van der Waals surface area contributed by atoms with Crippen molar-refractivity contribution in [3.05, 3.63) is 72.9 Å². The molecule has 5 heteroatoms. The molecule has 3 aliphatic carbocycles. The van der Waals surface area contributed by atoms with Gasteiger partial charge in [-0.1, -0.05) is 86.4 Å². The summed E-state index contributed by atoms with van der Waals surface area (Å²) in [6, 6.07) is 3.16. The Morgan fingerprint density at radius 2 is 1.17 bits per heavy atom. The summed E-state index contributed by atoms with van der Waals surface area (Å²) in [5.41, 5.74) is 0. The second-order valence-electron chi connectivity index (χ2n) is 8.83. The molecular formula is C25H37Cl2HfSi2-3. The first-order valence-corrected chi connectivity index (χ1v) is 14.6. The molecule has 0 N–H and O–H groups in total. The molecule has 166 valence electrons. The maximum Gasteiger partial charge on any atom is 0.0322 e. The fourth-order valence-corrected chi connectivity index (χ4v) is 9.97. The van der Waals surface area contributed by atoms with E-state index < -0.39 is 0 Å². The third-order valence-electron chi connectivity index (χ3n) is 6.73. The average molecular weight is 643 g/mol. The Hall–Kier alpha value is 0.324. The van der Waals surface area contributed by atoms with Crippen LogP contribution in [0.3, 0.4) is 0 Å². The molecule has 0 aromatic heterocycles. The van der Waals surface area contributed by atoms with Gasteiger partial charge in [-0.15, -0.1) is 6.42 Å². The molecule has 2 spiro atoms. The van der Waals surface area contributed by atoms with Gasteiger partial charge >= 0.3 is 0 Å². The normalized spacial score (nSPS) is 31.2. The van der Waals surface area contributed by atoms with Crippen LogP contribution in [0.4, 0.5) is 0 Å². The summed E-state index contributed by atoms with van der Waals surface area (Å²) < 4.78 is 0. The van der Waals surface area contributed by atoms with Crippen LogP contribution in [0.15, 0.2) is 66.8 Å². The second-order valence-corrected chi connectivity index (χ2v) is 14.1. The van der Waals surface area contributed by atoms with Crippen LogP contribution in [-0.4, -0.2) is 19.0 Å². The van der Waals surface area contributed by atoms with Gasteiger partial charge in [-0.05, 0) is 35.8 Å². The van der Waals surface area contributed by atoms with Crippen molar-refractivity contribution in [1.82, 2.24) is 0 Å². The fourth-order valence-electron chi connectivity index (χ4n) is 5.01. The minimum absolute atomic E-state index is 0. The van der Waals surface area contributed by atoms with Crippen molar-refractivity contribution in [3.8, 4) is 0 Å². The molecule has 5 rings (SSSR count). The Morgan fingerprint density at radius 3 is 1.43 bits per heavy atom. The van der Waals surface area contributed by atoms with Gasteiger partial charge in [0.1, 0.15) is 0 Å². The van der Waals surface area contributed by atoms with Gasteiger partial charge in [0.05, 0.1) is 0 Å². The Kier molecular flexibility index (Phi) is 17.1. The molecule has 0 amide bonds. The van der Waals surface area contributed by atoms with E-state index in [9.17, 15) is 0 Å². The second kappa shape index (κ2) is 16.9. The molecule has 0 aromatic carbocycles. The molecule has 2 atom stereocenters. The minimum Gasteiger partial charge on any atom is -1.00 e. The van der Waals surface area contributed by atoms with E-state index >= 15 is 0 Å². The summed E-state index contributed by atoms with van der Waals surface area (Å²) in [6.07, 6.45) is 40.3. The molecule has 2 unspecified atom stereocenters. The first-order valence-electron chi connectivity index (χ1n) is 11.2. The van der Waals surface area contributed by atoms with Crippen LogP contribution in [-0.2, 0) is 25.8 Å². The van der Waals surface area contributed by atoms with E-state index in [2.05, 4.69) is 60.8 Å².